The highest BCUT2D eigenvalue weighted by molar-refractivity contribution is 7.92. The fourth-order valence-electron chi connectivity index (χ4n) is 3.90. The molecule has 2 unspecified atom stereocenters. The third-order valence-corrected chi connectivity index (χ3v) is 7.99. The minimum Gasteiger partial charge on any atom is -0.508 e. The standard InChI is InChI=1S/C24H22O6S/c25-13-23(19-3-1-17-11-21(27)7-5-15(17)9-19)31(29,30)24(14-26)20-4-2-18-12-22(28)8-6-16(18)10-20/h1-12,23-28H,13-14H2. The minimum absolute atomic E-state index is 0.108. The number of hydrogen-bond donors (Lipinski definition) is 4. The van der Waals surface area contributed by atoms with Crippen molar-refractivity contribution < 1.29 is 28.8 Å². The molecule has 0 amide bonds. The summed E-state index contributed by atoms with van der Waals surface area (Å²) < 4.78 is 26.9. The number of benzene rings is 4. The van der Waals surface area contributed by atoms with E-state index in [1.165, 1.54) is 12.1 Å². The van der Waals surface area contributed by atoms with Crippen LogP contribution >= 0.6 is 0 Å². The van der Waals surface area contributed by atoms with Gasteiger partial charge in [-0.2, -0.15) is 0 Å². The molecule has 0 radical (unpaired) electrons. The van der Waals surface area contributed by atoms with Crippen LogP contribution in [0.25, 0.3) is 21.5 Å². The Labute approximate surface area is 179 Å². The van der Waals surface area contributed by atoms with Crippen molar-refractivity contribution >= 4 is 31.4 Å². The van der Waals surface area contributed by atoms with E-state index < -0.39 is 33.6 Å². The lowest BCUT2D eigenvalue weighted by Gasteiger charge is -2.23. The van der Waals surface area contributed by atoms with Gasteiger partial charge in [0.05, 0.1) is 13.2 Å². The Balaban J connectivity index is 1.76. The molecule has 0 aliphatic rings. The number of sulfone groups is 1. The van der Waals surface area contributed by atoms with Crippen molar-refractivity contribution in [2.75, 3.05) is 13.2 Å². The van der Waals surface area contributed by atoms with Gasteiger partial charge in [0.2, 0.25) is 0 Å². The van der Waals surface area contributed by atoms with Crippen LogP contribution in [0.2, 0.25) is 0 Å². The highest BCUT2D eigenvalue weighted by atomic mass is 32.2. The van der Waals surface area contributed by atoms with Crippen LogP contribution in [0.5, 0.6) is 11.5 Å². The maximum Gasteiger partial charge on any atom is 0.168 e. The van der Waals surface area contributed by atoms with Gasteiger partial charge in [0, 0.05) is 0 Å². The highest BCUT2D eigenvalue weighted by Gasteiger charge is 2.35. The Kier molecular flexibility index (Phi) is 5.58. The zero-order valence-electron chi connectivity index (χ0n) is 16.5. The Hall–Kier alpha value is -3.13. The molecule has 0 saturated carbocycles. The van der Waals surface area contributed by atoms with E-state index in [2.05, 4.69) is 0 Å². The molecule has 0 fully saturated rings. The Morgan fingerprint density at radius 1 is 0.581 bits per heavy atom. The third-order valence-electron chi connectivity index (χ3n) is 5.56. The topological polar surface area (TPSA) is 115 Å². The molecule has 0 bridgehead atoms. The van der Waals surface area contributed by atoms with Gasteiger partial charge in [-0.05, 0) is 69.1 Å². The Morgan fingerprint density at radius 2 is 0.935 bits per heavy atom. The number of phenols is 2. The lowest BCUT2D eigenvalue weighted by atomic mass is 10.0. The fraction of sp³-hybridized carbons (Fsp3) is 0.167. The van der Waals surface area contributed by atoms with Gasteiger partial charge in [-0.25, -0.2) is 8.42 Å². The van der Waals surface area contributed by atoms with Crippen molar-refractivity contribution in [2.45, 2.75) is 10.5 Å². The van der Waals surface area contributed by atoms with Crippen LogP contribution in [-0.2, 0) is 9.84 Å². The summed E-state index contributed by atoms with van der Waals surface area (Å²) in [7, 11) is -4.02. The second-order valence-corrected chi connectivity index (χ2v) is 9.83. The zero-order valence-corrected chi connectivity index (χ0v) is 17.3. The number of aromatic hydroxyl groups is 2. The molecule has 0 aliphatic heterocycles. The second kappa shape index (κ2) is 8.19. The zero-order chi connectivity index (χ0) is 22.2. The quantitative estimate of drug-likeness (QED) is 0.366. The van der Waals surface area contributed by atoms with Crippen molar-refractivity contribution in [2.24, 2.45) is 0 Å². The summed E-state index contributed by atoms with van der Waals surface area (Å²) in [6, 6.07) is 19.5. The summed E-state index contributed by atoms with van der Waals surface area (Å²) in [4.78, 5) is 0. The van der Waals surface area contributed by atoms with E-state index >= 15 is 0 Å². The molecule has 2 atom stereocenters. The van der Waals surface area contributed by atoms with Crippen molar-refractivity contribution in [3.05, 3.63) is 83.9 Å². The van der Waals surface area contributed by atoms with E-state index in [0.717, 1.165) is 21.5 Å². The van der Waals surface area contributed by atoms with Gasteiger partial charge < -0.3 is 20.4 Å². The largest absolute Gasteiger partial charge is 0.508 e. The predicted molar refractivity (Wildman–Crippen MR) is 120 cm³/mol. The van der Waals surface area contributed by atoms with E-state index in [9.17, 15) is 28.8 Å². The molecule has 31 heavy (non-hydrogen) atoms. The molecule has 160 valence electrons. The molecule has 4 N–H and O–H groups in total. The molecule has 6 nitrogen and oxygen atoms in total. The number of rotatable bonds is 6. The minimum atomic E-state index is -4.02. The second-order valence-electron chi connectivity index (χ2n) is 7.51. The molecule has 4 aromatic rings. The molecule has 0 saturated heterocycles. The molecule has 0 heterocycles. The number of hydrogen-bond acceptors (Lipinski definition) is 6. The van der Waals surface area contributed by atoms with Gasteiger partial charge >= 0.3 is 0 Å². The summed E-state index contributed by atoms with van der Waals surface area (Å²) in [6.45, 7) is -1.27. The first-order chi connectivity index (χ1) is 14.8. The fourth-order valence-corrected chi connectivity index (χ4v) is 5.76. The smallest absolute Gasteiger partial charge is 0.168 e. The average Bonchev–Trinajstić information content (AvgIpc) is 2.74. The lowest BCUT2D eigenvalue weighted by Crippen LogP contribution is -2.26. The van der Waals surface area contributed by atoms with E-state index in [-0.39, 0.29) is 11.5 Å². The van der Waals surface area contributed by atoms with Gasteiger partial charge in [0.1, 0.15) is 22.0 Å². The molecule has 7 heteroatoms. The van der Waals surface area contributed by atoms with Gasteiger partial charge in [0.25, 0.3) is 0 Å². The van der Waals surface area contributed by atoms with Crippen LogP contribution in [0.15, 0.2) is 72.8 Å². The summed E-state index contributed by atoms with van der Waals surface area (Å²) >= 11 is 0. The summed E-state index contributed by atoms with van der Waals surface area (Å²) in [5.74, 6) is 0.216. The average molecular weight is 439 g/mol. The van der Waals surface area contributed by atoms with Crippen molar-refractivity contribution in [1.82, 2.24) is 0 Å². The van der Waals surface area contributed by atoms with Crippen LogP contribution in [0, 0.1) is 0 Å². The van der Waals surface area contributed by atoms with Crippen LogP contribution in [0.4, 0.5) is 0 Å². The van der Waals surface area contributed by atoms with E-state index in [1.807, 2.05) is 0 Å². The van der Waals surface area contributed by atoms with Gasteiger partial charge in [-0.15, -0.1) is 0 Å². The molecule has 0 aliphatic carbocycles. The third kappa shape index (κ3) is 3.95. The van der Waals surface area contributed by atoms with Crippen LogP contribution < -0.4 is 0 Å². The summed E-state index contributed by atoms with van der Waals surface area (Å²) in [6.07, 6.45) is 0. The van der Waals surface area contributed by atoms with Gasteiger partial charge in [-0.1, -0.05) is 36.4 Å². The van der Waals surface area contributed by atoms with Crippen molar-refractivity contribution in [1.29, 1.82) is 0 Å². The molecule has 0 aromatic heterocycles. The van der Waals surface area contributed by atoms with Gasteiger partial charge in [0.15, 0.2) is 9.84 Å². The van der Waals surface area contributed by atoms with Gasteiger partial charge in [-0.3, -0.25) is 0 Å². The highest BCUT2D eigenvalue weighted by Crippen LogP contribution is 2.36. The SMILES string of the molecule is O=S(=O)(C(CO)c1ccc2cc(O)ccc2c1)C(CO)c1ccc2cc(O)ccc2c1. The lowest BCUT2D eigenvalue weighted by molar-refractivity contribution is 0.279. The molecule has 4 aromatic carbocycles. The first-order valence-electron chi connectivity index (χ1n) is 9.73. The number of fused-ring (bicyclic) bond motifs is 2. The first kappa shape index (κ1) is 21.1. The van der Waals surface area contributed by atoms with Crippen molar-refractivity contribution in [3.63, 3.8) is 0 Å². The van der Waals surface area contributed by atoms with E-state index in [1.54, 1.807) is 60.7 Å². The van der Waals surface area contributed by atoms with E-state index in [4.69, 9.17) is 0 Å². The van der Waals surface area contributed by atoms with Crippen molar-refractivity contribution in [3.8, 4) is 11.5 Å². The number of phenolic OH excluding ortho intramolecular Hbond substituents is 2. The summed E-state index contributed by atoms with van der Waals surface area (Å²) in [5.41, 5.74) is 0.815. The Bertz CT molecular complexity index is 1260. The molecular weight excluding hydrogens is 416 g/mol. The summed E-state index contributed by atoms with van der Waals surface area (Å²) in [5, 5.41) is 39.8. The Morgan fingerprint density at radius 3 is 1.32 bits per heavy atom. The maximum absolute atomic E-state index is 13.5. The number of aliphatic hydroxyl groups is 2. The van der Waals surface area contributed by atoms with Crippen LogP contribution in [-0.4, -0.2) is 42.1 Å². The normalized spacial score (nSPS) is 14.0. The maximum atomic E-state index is 13.5. The van der Waals surface area contributed by atoms with Crippen LogP contribution in [0.1, 0.15) is 21.6 Å². The van der Waals surface area contributed by atoms with E-state index in [0.29, 0.717) is 11.1 Å². The molecule has 0 spiro atoms. The monoisotopic (exact) mass is 438 g/mol. The predicted octanol–water partition coefficient (Wildman–Crippen LogP) is 3.59. The first-order valence-corrected chi connectivity index (χ1v) is 11.3. The number of aliphatic hydroxyl groups excluding tert-OH is 2. The molecule has 4 rings (SSSR count). The molecular formula is C24H22O6S. The van der Waals surface area contributed by atoms with Crippen LogP contribution in [0.3, 0.4) is 0 Å².